The van der Waals surface area contributed by atoms with Gasteiger partial charge in [-0.15, -0.1) is 0 Å². The summed E-state index contributed by atoms with van der Waals surface area (Å²) < 4.78 is 5.15. The van der Waals surface area contributed by atoms with Gasteiger partial charge in [0.05, 0.1) is 12.1 Å². The van der Waals surface area contributed by atoms with Crippen LogP contribution in [0.3, 0.4) is 0 Å². The summed E-state index contributed by atoms with van der Waals surface area (Å²) in [7, 11) is 0. The van der Waals surface area contributed by atoms with Gasteiger partial charge in [-0.2, -0.15) is 0 Å². The molecule has 0 heterocycles. The quantitative estimate of drug-likeness (QED) is 0.831. The number of benzene rings is 1. The average molecular weight is 265 g/mol. The molecule has 0 aromatic heterocycles. The normalized spacial score (nSPS) is 13.9. The summed E-state index contributed by atoms with van der Waals surface area (Å²) in [5.74, 6) is 0.381. The summed E-state index contributed by atoms with van der Waals surface area (Å²) in [6.07, 6.45) is 0.199. The number of aliphatic hydroxyl groups excluding tert-OH is 1. The highest BCUT2D eigenvalue weighted by atomic mass is 16.5. The summed E-state index contributed by atoms with van der Waals surface area (Å²) in [4.78, 5) is 11.7. The number of aliphatic hydroxyl groups is 1. The van der Waals surface area contributed by atoms with E-state index >= 15 is 0 Å². The van der Waals surface area contributed by atoms with E-state index in [2.05, 4.69) is 5.32 Å². The van der Waals surface area contributed by atoms with E-state index in [1.807, 2.05) is 51.1 Å². The van der Waals surface area contributed by atoms with Crippen LogP contribution in [0.2, 0.25) is 0 Å². The molecule has 0 bridgehead atoms. The Morgan fingerprint density at radius 1 is 1.37 bits per heavy atom. The van der Waals surface area contributed by atoms with Gasteiger partial charge in [0.15, 0.2) is 0 Å². The monoisotopic (exact) mass is 265 g/mol. The lowest BCUT2D eigenvalue weighted by molar-refractivity contribution is 0.104. The topological polar surface area (TPSA) is 58.6 Å². The summed E-state index contributed by atoms with van der Waals surface area (Å²) in [6, 6.07) is 9.49. The first-order valence-electron chi connectivity index (χ1n) is 6.55. The largest absolute Gasteiger partial charge is 0.445 e. The molecule has 4 nitrogen and oxygen atoms in total. The van der Waals surface area contributed by atoms with E-state index in [0.717, 1.165) is 5.56 Å². The van der Waals surface area contributed by atoms with Crippen LogP contribution in [0, 0.1) is 5.92 Å². The van der Waals surface area contributed by atoms with Crippen molar-refractivity contribution in [3.05, 3.63) is 35.9 Å². The van der Waals surface area contributed by atoms with Gasteiger partial charge in [-0.3, -0.25) is 0 Å². The number of amides is 1. The van der Waals surface area contributed by atoms with Gasteiger partial charge in [-0.1, -0.05) is 44.2 Å². The van der Waals surface area contributed by atoms with Crippen molar-refractivity contribution in [3.8, 4) is 0 Å². The van der Waals surface area contributed by atoms with Gasteiger partial charge in [-0.25, -0.2) is 4.79 Å². The number of hydrogen-bond donors (Lipinski definition) is 2. The lowest BCUT2D eigenvalue weighted by atomic mass is 9.92. The first-order chi connectivity index (χ1) is 8.95. The van der Waals surface area contributed by atoms with Crippen LogP contribution < -0.4 is 5.32 Å². The van der Waals surface area contributed by atoms with E-state index in [-0.39, 0.29) is 13.2 Å². The van der Waals surface area contributed by atoms with Crippen molar-refractivity contribution in [1.82, 2.24) is 5.32 Å². The zero-order valence-corrected chi connectivity index (χ0v) is 11.8. The molecule has 0 saturated carbocycles. The first-order valence-corrected chi connectivity index (χ1v) is 6.55. The highest BCUT2D eigenvalue weighted by Gasteiger charge is 2.27. The van der Waals surface area contributed by atoms with E-state index in [4.69, 9.17) is 4.74 Å². The third kappa shape index (κ3) is 5.75. The van der Waals surface area contributed by atoms with Crippen LogP contribution in [-0.2, 0) is 11.3 Å². The van der Waals surface area contributed by atoms with Crippen LogP contribution in [0.5, 0.6) is 0 Å². The fourth-order valence-electron chi connectivity index (χ4n) is 2.06. The van der Waals surface area contributed by atoms with Crippen molar-refractivity contribution in [2.45, 2.75) is 39.3 Å². The van der Waals surface area contributed by atoms with Crippen LogP contribution in [0.4, 0.5) is 4.79 Å². The molecule has 19 heavy (non-hydrogen) atoms. The Balaban J connectivity index is 2.45. The molecule has 106 valence electrons. The third-order valence-corrected chi connectivity index (χ3v) is 2.82. The highest BCUT2D eigenvalue weighted by Crippen LogP contribution is 2.16. The van der Waals surface area contributed by atoms with Gasteiger partial charge < -0.3 is 15.2 Å². The summed E-state index contributed by atoms with van der Waals surface area (Å²) in [5.41, 5.74) is 0.300. The van der Waals surface area contributed by atoms with Crippen molar-refractivity contribution in [3.63, 3.8) is 0 Å². The summed E-state index contributed by atoms with van der Waals surface area (Å²) in [5, 5.41) is 12.1. The lowest BCUT2D eigenvalue weighted by Crippen LogP contribution is -2.49. The molecule has 1 aromatic rings. The molecular formula is C15H23NO3. The van der Waals surface area contributed by atoms with Gasteiger partial charge in [-0.05, 0) is 24.8 Å². The molecule has 2 N–H and O–H groups in total. The molecule has 0 spiro atoms. The molecule has 0 radical (unpaired) electrons. The maximum atomic E-state index is 11.7. The van der Waals surface area contributed by atoms with E-state index in [0.29, 0.717) is 12.3 Å². The van der Waals surface area contributed by atoms with E-state index in [1.54, 1.807) is 0 Å². The molecule has 0 aliphatic carbocycles. The Morgan fingerprint density at radius 3 is 2.53 bits per heavy atom. The third-order valence-electron chi connectivity index (χ3n) is 2.82. The number of carbonyl (C=O) groups is 1. The van der Waals surface area contributed by atoms with Crippen LogP contribution in [-0.4, -0.2) is 23.3 Å². The standard InChI is InChI=1S/C15H23NO3/c1-12(2)9-15(3,11-17)16-14(18)19-10-13-7-5-4-6-8-13/h4-8,12,17H,9-11H2,1-3H3,(H,16,18). The van der Waals surface area contributed by atoms with Crippen LogP contribution in [0.25, 0.3) is 0 Å². The number of nitrogens with one attached hydrogen (secondary N) is 1. The van der Waals surface area contributed by atoms with E-state index < -0.39 is 11.6 Å². The van der Waals surface area contributed by atoms with Crippen molar-refractivity contribution in [1.29, 1.82) is 0 Å². The minimum atomic E-state index is -0.637. The number of hydrogen-bond acceptors (Lipinski definition) is 3. The minimum absolute atomic E-state index is 0.106. The first kappa shape index (κ1) is 15.5. The molecule has 0 fully saturated rings. The zero-order chi connectivity index (χ0) is 14.3. The second-order valence-corrected chi connectivity index (χ2v) is 5.50. The molecule has 4 heteroatoms. The van der Waals surface area contributed by atoms with Crippen LogP contribution in [0.15, 0.2) is 30.3 Å². The fraction of sp³-hybridized carbons (Fsp3) is 0.533. The van der Waals surface area contributed by atoms with Gasteiger partial charge in [0.2, 0.25) is 0 Å². The predicted molar refractivity (Wildman–Crippen MR) is 74.7 cm³/mol. The van der Waals surface area contributed by atoms with Crippen LogP contribution in [0.1, 0.15) is 32.8 Å². The lowest BCUT2D eigenvalue weighted by Gasteiger charge is -2.29. The van der Waals surface area contributed by atoms with Crippen LogP contribution >= 0.6 is 0 Å². The Labute approximate surface area is 114 Å². The maximum absolute atomic E-state index is 11.7. The van der Waals surface area contributed by atoms with Gasteiger partial charge in [0, 0.05) is 0 Å². The molecule has 1 atom stereocenters. The molecule has 1 unspecified atom stereocenters. The fourth-order valence-corrected chi connectivity index (χ4v) is 2.06. The Hall–Kier alpha value is -1.55. The Kier molecular flexibility index (Phi) is 5.83. The number of rotatable bonds is 6. The Morgan fingerprint density at radius 2 is 2.00 bits per heavy atom. The van der Waals surface area contributed by atoms with Crippen molar-refractivity contribution >= 4 is 6.09 Å². The predicted octanol–water partition coefficient (Wildman–Crippen LogP) is 2.71. The molecule has 0 saturated heterocycles. The number of carbonyl (C=O) groups excluding carboxylic acids is 1. The maximum Gasteiger partial charge on any atom is 0.407 e. The molecule has 0 aliphatic heterocycles. The Bertz CT molecular complexity index is 392. The minimum Gasteiger partial charge on any atom is -0.445 e. The molecular weight excluding hydrogens is 242 g/mol. The SMILES string of the molecule is CC(C)CC(C)(CO)NC(=O)OCc1ccccc1. The smallest absolute Gasteiger partial charge is 0.407 e. The van der Waals surface area contributed by atoms with E-state index in [9.17, 15) is 9.90 Å². The number of alkyl carbamates (subject to hydrolysis) is 1. The molecule has 1 aromatic carbocycles. The van der Waals surface area contributed by atoms with Gasteiger partial charge >= 0.3 is 6.09 Å². The van der Waals surface area contributed by atoms with Gasteiger partial charge in [0.1, 0.15) is 6.61 Å². The van der Waals surface area contributed by atoms with Gasteiger partial charge in [0.25, 0.3) is 0 Å². The number of ether oxygens (including phenoxy) is 1. The average Bonchev–Trinajstić information content (AvgIpc) is 2.36. The zero-order valence-electron chi connectivity index (χ0n) is 11.8. The molecule has 0 aliphatic rings. The highest BCUT2D eigenvalue weighted by molar-refractivity contribution is 5.68. The second-order valence-electron chi connectivity index (χ2n) is 5.50. The molecule has 1 rings (SSSR count). The summed E-state index contributed by atoms with van der Waals surface area (Å²) >= 11 is 0. The van der Waals surface area contributed by atoms with Crippen molar-refractivity contribution in [2.24, 2.45) is 5.92 Å². The second kappa shape index (κ2) is 7.14. The van der Waals surface area contributed by atoms with E-state index in [1.165, 1.54) is 0 Å². The van der Waals surface area contributed by atoms with Crippen molar-refractivity contribution in [2.75, 3.05) is 6.61 Å². The van der Waals surface area contributed by atoms with Crippen molar-refractivity contribution < 1.29 is 14.6 Å². The summed E-state index contributed by atoms with van der Waals surface area (Å²) in [6.45, 7) is 6.04. The molecule has 1 amide bonds.